The van der Waals surface area contributed by atoms with Crippen molar-refractivity contribution in [2.75, 3.05) is 13.7 Å². The number of thiocarbonyl (C=S) groups is 1. The Bertz CT molecular complexity index is 775. The van der Waals surface area contributed by atoms with Crippen LogP contribution < -0.4 is 20.2 Å². The van der Waals surface area contributed by atoms with E-state index in [0.29, 0.717) is 29.1 Å². The Hall–Kier alpha value is -2.19. The van der Waals surface area contributed by atoms with Crippen LogP contribution in [0.1, 0.15) is 36.5 Å². The number of rotatable bonds is 9. The predicted octanol–water partition coefficient (Wildman–Crippen LogP) is 3.88. The molecule has 2 aromatic rings. The number of thiazole rings is 1. The van der Waals surface area contributed by atoms with Gasteiger partial charge in [0.1, 0.15) is 6.61 Å². The number of aryl methyl sites for hydroxylation is 1. The first-order valence-electron chi connectivity index (χ1n) is 8.76. The second-order valence-corrected chi connectivity index (χ2v) is 7.84. The smallest absolute Gasteiger partial charge is 0.186 e. The van der Waals surface area contributed by atoms with E-state index in [-0.39, 0.29) is 0 Å². The largest absolute Gasteiger partial charge is 0.493 e. The summed E-state index contributed by atoms with van der Waals surface area (Å²) in [6, 6.07) is 5.63. The van der Waals surface area contributed by atoms with Gasteiger partial charge >= 0.3 is 0 Å². The summed E-state index contributed by atoms with van der Waals surface area (Å²) in [5.74, 6) is 1.94. The normalized spacial score (nSPS) is 11.0. The van der Waals surface area contributed by atoms with Crippen LogP contribution in [0.5, 0.6) is 11.5 Å². The molecule has 0 fully saturated rings. The first-order chi connectivity index (χ1) is 13.0. The molecule has 1 aromatic carbocycles. The highest BCUT2D eigenvalue weighted by molar-refractivity contribution is 7.80. The van der Waals surface area contributed by atoms with E-state index in [1.165, 1.54) is 0 Å². The Morgan fingerprint density at radius 1 is 1.37 bits per heavy atom. The molecule has 27 heavy (non-hydrogen) atoms. The molecule has 0 saturated carbocycles. The lowest BCUT2D eigenvalue weighted by atomic mass is 10.1. The molecule has 1 heterocycles. The number of benzene rings is 1. The third-order valence-corrected chi connectivity index (χ3v) is 4.67. The highest BCUT2D eigenvalue weighted by Crippen LogP contribution is 2.28. The molecular formula is C19H26N4O2S2. The summed E-state index contributed by atoms with van der Waals surface area (Å²) in [6.07, 6.45) is 2.75. The molecule has 146 valence electrons. The number of ether oxygens (including phenoxy) is 2. The fraction of sp³-hybridized carbons (Fsp3) is 0.421. The third-order valence-electron chi connectivity index (χ3n) is 3.62. The van der Waals surface area contributed by atoms with Crippen molar-refractivity contribution >= 4 is 34.9 Å². The summed E-state index contributed by atoms with van der Waals surface area (Å²) >= 11 is 6.79. The van der Waals surface area contributed by atoms with Crippen LogP contribution in [0.3, 0.4) is 0 Å². The Balaban J connectivity index is 1.87. The maximum absolute atomic E-state index is 5.82. The summed E-state index contributed by atoms with van der Waals surface area (Å²) in [5.41, 5.74) is 4.60. The van der Waals surface area contributed by atoms with Gasteiger partial charge in [-0.15, -0.1) is 11.3 Å². The highest BCUT2D eigenvalue weighted by atomic mass is 32.1. The van der Waals surface area contributed by atoms with Crippen LogP contribution in [-0.2, 0) is 6.61 Å². The number of hydrazone groups is 1. The quantitative estimate of drug-likeness (QED) is 0.374. The van der Waals surface area contributed by atoms with Gasteiger partial charge in [0.05, 0.1) is 24.0 Å². The minimum Gasteiger partial charge on any atom is -0.493 e. The zero-order chi connectivity index (χ0) is 19.6. The highest BCUT2D eigenvalue weighted by Gasteiger charge is 2.07. The van der Waals surface area contributed by atoms with E-state index in [4.69, 9.17) is 21.7 Å². The van der Waals surface area contributed by atoms with Crippen LogP contribution >= 0.6 is 23.6 Å². The summed E-state index contributed by atoms with van der Waals surface area (Å²) in [4.78, 5) is 4.39. The first kappa shape index (κ1) is 21.1. The first-order valence-corrected chi connectivity index (χ1v) is 10.1. The summed E-state index contributed by atoms with van der Waals surface area (Å²) in [6.45, 7) is 7.57. The molecule has 0 aliphatic rings. The predicted molar refractivity (Wildman–Crippen MR) is 115 cm³/mol. The van der Waals surface area contributed by atoms with E-state index < -0.39 is 0 Å². The zero-order valence-corrected chi connectivity index (χ0v) is 17.7. The van der Waals surface area contributed by atoms with Gasteiger partial charge in [-0.2, -0.15) is 5.10 Å². The molecule has 0 spiro atoms. The number of hydrogen-bond donors (Lipinski definition) is 2. The van der Waals surface area contributed by atoms with Crippen molar-refractivity contribution in [2.45, 2.75) is 33.8 Å². The van der Waals surface area contributed by atoms with Crippen molar-refractivity contribution in [1.82, 2.24) is 15.7 Å². The van der Waals surface area contributed by atoms with Crippen LogP contribution in [0, 0.1) is 12.8 Å². The number of hydrogen-bond acceptors (Lipinski definition) is 6. The monoisotopic (exact) mass is 406 g/mol. The molecule has 2 rings (SSSR count). The minimum absolute atomic E-state index is 0.409. The van der Waals surface area contributed by atoms with Gasteiger partial charge in [-0.05, 0) is 55.2 Å². The maximum atomic E-state index is 5.82. The Morgan fingerprint density at radius 3 is 2.85 bits per heavy atom. The van der Waals surface area contributed by atoms with Gasteiger partial charge in [-0.1, -0.05) is 13.8 Å². The molecule has 0 amide bonds. The SMILES string of the molecule is COc1cc(/C=N\NC(=S)NCCC(C)C)ccc1OCc1csc(C)n1. The molecule has 0 atom stereocenters. The van der Waals surface area contributed by atoms with Gasteiger partial charge in [-0.25, -0.2) is 4.98 Å². The molecule has 0 bridgehead atoms. The molecule has 0 radical (unpaired) electrons. The topological polar surface area (TPSA) is 67.8 Å². The molecule has 0 aliphatic carbocycles. The van der Waals surface area contributed by atoms with Crippen molar-refractivity contribution in [3.05, 3.63) is 39.8 Å². The minimum atomic E-state index is 0.409. The Morgan fingerprint density at radius 2 is 2.19 bits per heavy atom. The van der Waals surface area contributed by atoms with Crippen molar-refractivity contribution in [1.29, 1.82) is 0 Å². The van der Waals surface area contributed by atoms with Crippen molar-refractivity contribution < 1.29 is 9.47 Å². The lowest BCUT2D eigenvalue weighted by Crippen LogP contribution is -2.33. The van der Waals surface area contributed by atoms with Crippen LogP contribution in [0.15, 0.2) is 28.7 Å². The molecule has 1 aromatic heterocycles. The number of nitrogens with one attached hydrogen (secondary N) is 2. The summed E-state index contributed by atoms with van der Waals surface area (Å²) in [5, 5.41) is 10.8. The molecule has 6 nitrogen and oxygen atoms in total. The second-order valence-electron chi connectivity index (χ2n) is 6.37. The summed E-state index contributed by atoms with van der Waals surface area (Å²) < 4.78 is 11.2. The Labute approximate surface area is 170 Å². The van der Waals surface area contributed by atoms with Gasteiger partial charge in [-0.3, -0.25) is 5.43 Å². The average Bonchev–Trinajstić information content (AvgIpc) is 3.05. The third kappa shape index (κ3) is 7.52. The Kier molecular flexibility index (Phi) is 8.47. The van der Waals surface area contributed by atoms with Crippen molar-refractivity contribution in [2.24, 2.45) is 11.0 Å². The standard InChI is InChI=1S/C19H26N4O2S2/c1-13(2)7-8-20-19(26)23-21-10-15-5-6-17(18(9-15)24-4)25-11-16-12-27-14(3)22-16/h5-6,9-10,12-13H,7-8,11H2,1-4H3,(H2,20,23,26)/b21-10-. The van der Waals surface area contributed by atoms with Gasteiger partial charge in [0.15, 0.2) is 16.6 Å². The molecule has 0 saturated heterocycles. The van der Waals surface area contributed by atoms with Crippen LogP contribution in [0.4, 0.5) is 0 Å². The lowest BCUT2D eigenvalue weighted by Gasteiger charge is -2.10. The number of aromatic nitrogens is 1. The number of nitrogens with zero attached hydrogens (tertiary/aromatic N) is 2. The van der Waals surface area contributed by atoms with E-state index >= 15 is 0 Å². The second kappa shape index (κ2) is 10.8. The molecule has 0 aliphatic heterocycles. The van der Waals surface area contributed by atoms with Crippen molar-refractivity contribution in [3.63, 3.8) is 0 Å². The zero-order valence-electron chi connectivity index (χ0n) is 16.1. The van der Waals surface area contributed by atoms with Crippen molar-refractivity contribution in [3.8, 4) is 11.5 Å². The fourth-order valence-corrected chi connectivity index (χ4v) is 2.94. The number of methoxy groups -OCH3 is 1. The lowest BCUT2D eigenvalue weighted by molar-refractivity contribution is 0.281. The van der Waals surface area contributed by atoms with Gasteiger partial charge in [0.25, 0.3) is 0 Å². The van der Waals surface area contributed by atoms with Gasteiger partial charge in [0, 0.05) is 11.9 Å². The maximum Gasteiger partial charge on any atom is 0.186 e. The molecular weight excluding hydrogens is 380 g/mol. The van der Waals surface area contributed by atoms with E-state index in [1.54, 1.807) is 24.7 Å². The van der Waals surface area contributed by atoms with E-state index in [1.807, 2.05) is 30.5 Å². The van der Waals surface area contributed by atoms with Gasteiger partial charge in [0.2, 0.25) is 0 Å². The molecule has 2 N–H and O–H groups in total. The molecule has 8 heteroatoms. The molecule has 0 unspecified atom stereocenters. The fourth-order valence-electron chi connectivity index (χ4n) is 2.19. The van der Waals surface area contributed by atoms with Crippen LogP contribution in [-0.4, -0.2) is 30.0 Å². The average molecular weight is 407 g/mol. The summed E-state index contributed by atoms with van der Waals surface area (Å²) in [7, 11) is 1.61. The van der Waals surface area contributed by atoms with Gasteiger partial charge < -0.3 is 14.8 Å². The van der Waals surface area contributed by atoms with Crippen LogP contribution in [0.25, 0.3) is 0 Å². The van der Waals surface area contributed by atoms with Crippen LogP contribution in [0.2, 0.25) is 0 Å². The van der Waals surface area contributed by atoms with E-state index in [2.05, 4.69) is 34.7 Å². The van der Waals surface area contributed by atoms with E-state index in [9.17, 15) is 0 Å². The van der Waals surface area contributed by atoms with E-state index in [0.717, 1.165) is 29.2 Å².